The molecular formula is C9H19NO2S2. The topological polar surface area (TPSA) is 37.4 Å². The molecule has 14 heavy (non-hydrogen) atoms. The second-order valence-electron chi connectivity index (χ2n) is 4.17. The highest BCUT2D eigenvalue weighted by Gasteiger charge is 2.32. The molecule has 1 heterocycles. The fourth-order valence-electron chi connectivity index (χ4n) is 1.64. The first-order chi connectivity index (χ1) is 6.34. The van der Waals surface area contributed by atoms with Gasteiger partial charge in [0.05, 0.1) is 5.25 Å². The van der Waals surface area contributed by atoms with Crippen LogP contribution in [0.3, 0.4) is 0 Å². The standard InChI is InChI=1S/C9H19NO2S2/c1-7(2)14(11,12)10-5-8(3)13-9(4)6-10/h7-9H,5-6H2,1-4H3. The smallest absolute Gasteiger partial charge is 0.212 e. The fraction of sp³-hybridized carbons (Fsp3) is 1.00. The zero-order valence-electron chi connectivity index (χ0n) is 9.23. The zero-order chi connectivity index (χ0) is 10.9. The minimum absolute atomic E-state index is 0.301. The van der Waals surface area contributed by atoms with Crippen molar-refractivity contribution in [1.82, 2.24) is 4.31 Å². The lowest BCUT2D eigenvalue weighted by Crippen LogP contribution is -2.46. The van der Waals surface area contributed by atoms with Crippen LogP contribution in [-0.2, 0) is 10.0 Å². The molecule has 0 bridgehead atoms. The van der Waals surface area contributed by atoms with Crippen LogP contribution in [0.15, 0.2) is 0 Å². The molecule has 3 nitrogen and oxygen atoms in total. The van der Waals surface area contributed by atoms with E-state index in [-0.39, 0.29) is 5.25 Å². The van der Waals surface area contributed by atoms with Crippen LogP contribution in [0.2, 0.25) is 0 Å². The molecule has 2 atom stereocenters. The van der Waals surface area contributed by atoms with Crippen LogP contribution in [-0.4, -0.2) is 41.6 Å². The van der Waals surface area contributed by atoms with Crippen molar-refractivity contribution in [3.05, 3.63) is 0 Å². The van der Waals surface area contributed by atoms with Crippen molar-refractivity contribution in [2.75, 3.05) is 13.1 Å². The lowest BCUT2D eigenvalue weighted by atomic mass is 10.4. The quantitative estimate of drug-likeness (QED) is 0.731. The summed E-state index contributed by atoms with van der Waals surface area (Å²) < 4.78 is 25.4. The number of nitrogens with zero attached hydrogens (tertiary/aromatic N) is 1. The molecule has 0 N–H and O–H groups in total. The summed E-state index contributed by atoms with van der Waals surface area (Å²) in [7, 11) is -3.05. The summed E-state index contributed by atoms with van der Waals surface area (Å²) in [5.74, 6) is 0. The minimum atomic E-state index is -3.05. The van der Waals surface area contributed by atoms with Gasteiger partial charge in [0.1, 0.15) is 0 Å². The van der Waals surface area contributed by atoms with E-state index < -0.39 is 10.0 Å². The van der Waals surface area contributed by atoms with Gasteiger partial charge in [-0.25, -0.2) is 8.42 Å². The highest BCUT2D eigenvalue weighted by atomic mass is 32.2. The Kier molecular flexibility index (Phi) is 3.88. The molecule has 0 saturated carbocycles. The second-order valence-corrected chi connectivity index (χ2v) is 8.54. The molecule has 0 aromatic carbocycles. The van der Waals surface area contributed by atoms with Crippen molar-refractivity contribution >= 4 is 21.8 Å². The van der Waals surface area contributed by atoms with Crippen LogP contribution in [0.5, 0.6) is 0 Å². The predicted octanol–water partition coefficient (Wildman–Crippen LogP) is 1.55. The summed E-state index contributed by atoms with van der Waals surface area (Å²) >= 11 is 1.87. The number of hydrogen-bond acceptors (Lipinski definition) is 3. The third-order valence-corrected chi connectivity index (χ3v) is 5.78. The molecule has 1 saturated heterocycles. The van der Waals surface area contributed by atoms with Gasteiger partial charge in [0.15, 0.2) is 0 Å². The maximum atomic E-state index is 11.9. The maximum Gasteiger partial charge on any atom is 0.216 e. The molecule has 0 radical (unpaired) electrons. The monoisotopic (exact) mass is 237 g/mol. The highest BCUT2D eigenvalue weighted by Crippen LogP contribution is 2.27. The van der Waals surface area contributed by atoms with Crippen molar-refractivity contribution < 1.29 is 8.42 Å². The van der Waals surface area contributed by atoms with E-state index in [0.29, 0.717) is 23.6 Å². The van der Waals surface area contributed by atoms with Crippen LogP contribution >= 0.6 is 11.8 Å². The lowest BCUT2D eigenvalue weighted by Gasteiger charge is -2.34. The Labute approximate surface area is 91.3 Å². The minimum Gasteiger partial charge on any atom is -0.212 e. The Morgan fingerprint density at radius 2 is 1.64 bits per heavy atom. The summed E-state index contributed by atoms with van der Waals surface area (Å²) in [6, 6.07) is 0. The number of rotatable bonds is 2. The van der Waals surface area contributed by atoms with E-state index in [2.05, 4.69) is 13.8 Å². The third kappa shape index (κ3) is 2.64. The van der Waals surface area contributed by atoms with Crippen molar-refractivity contribution in [3.8, 4) is 0 Å². The molecule has 1 aliphatic rings. The fourth-order valence-corrected chi connectivity index (χ4v) is 4.61. The summed E-state index contributed by atoms with van der Waals surface area (Å²) in [5.41, 5.74) is 0. The van der Waals surface area contributed by atoms with Crippen LogP contribution in [0.4, 0.5) is 0 Å². The molecular weight excluding hydrogens is 218 g/mol. The van der Waals surface area contributed by atoms with Gasteiger partial charge in [0.25, 0.3) is 0 Å². The Balaban J connectivity index is 2.78. The Morgan fingerprint density at radius 1 is 1.21 bits per heavy atom. The van der Waals surface area contributed by atoms with Gasteiger partial charge in [-0.1, -0.05) is 13.8 Å². The molecule has 0 aliphatic carbocycles. The molecule has 1 fully saturated rings. The summed E-state index contributed by atoms with van der Waals surface area (Å²) in [5, 5.41) is 0.518. The van der Waals surface area contributed by atoms with Crippen molar-refractivity contribution in [1.29, 1.82) is 0 Å². The number of thioether (sulfide) groups is 1. The molecule has 0 amide bonds. The van der Waals surface area contributed by atoms with E-state index in [4.69, 9.17) is 0 Å². The van der Waals surface area contributed by atoms with Crippen LogP contribution in [0, 0.1) is 0 Å². The average Bonchev–Trinajstić information content (AvgIpc) is 2.01. The van der Waals surface area contributed by atoms with Gasteiger partial charge in [-0.2, -0.15) is 16.1 Å². The average molecular weight is 237 g/mol. The second kappa shape index (κ2) is 4.41. The maximum absolute atomic E-state index is 11.9. The van der Waals surface area contributed by atoms with E-state index in [1.165, 1.54) is 0 Å². The van der Waals surface area contributed by atoms with E-state index in [9.17, 15) is 8.42 Å². The first-order valence-electron chi connectivity index (χ1n) is 4.98. The van der Waals surface area contributed by atoms with Crippen LogP contribution in [0.1, 0.15) is 27.7 Å². The first-order valence-corrected chi connectivity index (χ1v) is 7.43. The SMILES string of the molecule is CC1CN(S(=O)(=O)C(C)C)CC(C)S1. The van der Waals surface area contributed by atoms with Gasteiger partial charge < -0.3 is 0 Å². The zero-order valence-corrected chi connectivity index (χ0v) is 10.9. The largest absolute Gasteiger partial charge is 0.216 e. The Morgan fingerprint density at radius 3 is 2.00 bits per heavy atom. The van der Waals surface area contributed by atoms with E-state index in [1.54, 1.807) is 18.2 Å². The normalized spacial score (nSPS) is 30.9. The van der Waals surface area contributed by atoms with E-state index in [0.717, 1.165) is 0 Å². The molecule has 0 spiro atoms. The highest BCUT2D eigenvalue weighted by molar-refractivity contribution is 8.00. The third-order valence-electron chi connectivity index (χ3n) is 2.34. The molecule has 84 valence electrons. The van der Waals surface area contributed by atoms with Crippen molar-refractivity contribution in [2.45, 2.75) is 43.4 Å². The molecule has 1 rings (SSSR count). The molecule has 0 aromatic rings. The molecule has 2 unspecified atom stereocenters. The molecule has 5 heteroatoms. The number of hydrogen-bond donors (Lipinski definition) is 0. The van der Waals surface area contributed by atoms with Gasteiger partial charge >= 0.3 is 0 Å². The Bertz CT molecular complexity index is 277. The van der Waals surface area contributed by atoms with Crippen molar-refractivity contribution in [3.63, 3.8) is 0 Å². The van der Waals surface area contributed by atoms with Crippen LogP contribution in [0.25, 0.3) is 0 Å². The summed E-state index contributed by atoms with van der Waals surface area (Å²) in [4.78, 5) is 0. The van der Waals surface area contributed by atoms with Gasteiger partial charge in [-0.15, -0.1) is 0 Å². The van der Waals surface area contributed by atoms with Gasteiger partial charge in [-0.3, -0.25) is 0 Å². The molecule has 1 aliphatic heterocycles. The van der Waals surface area contributed by atoms with E-state index in [1.807, 2.05) is 11.8 Å². The van der Waals surface area contributed by atoms with Gasteiger partial charge in [0.2, 0.25) is 10.0 Å². The lowest BCUT2D eigenvalue weighted by molar-refractivity contribution is 0.400. The summed E-state index contributed by atoms with van der Waals surface area (Å²) in [6.45, 7) is 8.98. The summed E-state index contributed by atoms with van der Waals surface area (Å²) in [6.07, 6.45) is 0. The first kappa shape index (κ1) is 12.3. The Hall–Kier alpha value is 0.260. The predicted molar refractivity (Wildman–Crippen MR) is 62.1 cm³/mol. The van der Waals surface area contributed by atoms with E-state index >= 15 is 0 Å². The molecule has 0 aromatic heterocycles. The van der Waals surface area contributed by atoms with Gasteiger partial charge in [-0.05, 0) is 13.8 Å². The van der Waals surface area contributed by atoms with Crippen molar-refractivity contribution in [2.24, 2.45) is 0 Å². The van der Waals surface area contributed by atoms with Crippen LogP contribution < -0.4 is 0 Å². The number of sulfonamides is 1. The van der Waals surface area contributed by atoms with Gasteiger partial charge in [0, 0.05) is 23.6 Å².